The van der Waals surface area contributed by atoms with E-state index in [0.29, 0.717) is 19.3 Å². The molecule has 0 radical (unpaired) electrons. The van der Waals surface area contributed by atoms with Gasteiger partial charge < -0.3 is 5.73 Å². The van der Waals surface area contributed by atoms with Gasteiger partial charge in [0.2, 0.25) is 0 Å². The van der Waals surface area contributed by atoms with Crippen molar-refractivity contribution in [2.24, 2.45) is 11.7 Å². The molecule has 4 heteroatoms. The quantitative estimate of drug-likeness (QED) is 0.848. The Kier molecular flexibility index (Phi) is 4.39. The van der Waals surface area contributed by atoms with Crippen LogP contribution in [-0.4, -0.2) is 11.7 Å². The van der Waals surface area contributed by atoms with E-state index in [1.54, 1.807) is 0 Å². The maximum absolute atomic E-state index is 13.0. The number of nitrogens with two attached hydrogens (primary N) is 1. The summed E-state index contributed by atoms with van der Waals surface area (Å²) in [6.07, 6.45) is -2.09. The van der Waals surface area contributed by atoms with Crippen molar-refractivity contribution in [1.29, 1.82) is 0 Å². The molecule has 2 rings (SSSR count). The number of hydrogen-bond donors (Lipinski definition) is 1. The fourth-order valence-corrected chi connectivity index (χ4v) is 3.68. The van der Waals surface area contributed by atoms with Crippen LogP contribution in [0.1, 0.15) is 47.9 Å². The van der Waals surface area contributed by atoms with Crippen LogP contribution in [0.3, 0.4) is 0 Å². The lowest BCUT2D eigenvalue weighted by Gasteiger charge is -2.39. The monoisotopic (exact) mass is 299 g/mol. The van der Waals surface area contributed by atoms with Gasteiger partial charge in [-0.1, -0.05) is 24.1 Å². The third-order valence-electron chi connectivity index (χ3n) is 4.71. The Hall–Kier alpha value is -1.03. The van der Waals surface area contributed by atoms with E-state index in [1.807, 2.05) is 20.8 Å². The molecule has 1 nitrogen and oxygen atoms in total. The van der Waals surface area contributed by atoms with Crippen LogP contribution < -0.4 is 5.73 Å². The molecule has 0 spiro atoms. The molecule has 1 fully saturated rings. The van der Waals surface area contributed by atoms with E-state index in [1.165, 1.54) is 5.56 Å². The van der Waals surface area contributed by atoms with Gasteiger partial charge in [-0.3, -0.25) is 0 Å². The Morgan fingerprint density at radius 1 is 1.19 bits per heavy atom. The Morgan fingerprint density at radius 2 is 1.76 bits per heavy atom. The van der Waals surface area contributed by atoms with Gasteiger partial charge in [-0.15, -0.1) is 0 Å². The summed E-state index contributed by atoms with van der Waals surface area (Å²) in [5.74, 6) is -1.25. The summed E-state index contributed by atoms with van der Waals surface area (Å²) in [4.78, 5) is 0. The summed E-state index contributed by atoms with van der Waals surface area (Å²) < 4.78 is 38.9. The average molecular weight is 299 g/mol. The highest BCUT2D eigenvalue weighted by atomic mass is 19.4. The van der Waals surface area contributed by atoms with Gasteiger partial charge in [-0.2, -0.15) is 13.2 Å². The Bertz CT molecular complexity index is 498. The number of aryl methyl sites for hydroxylation is 3. The first-order chi connectivity index (χ1) is 9.61. The van der Waals surface area contributed by atoms with Crippen molar-refractivity contribution in [2.45, 2.75) is 64.6 Å². The zero-order chi connectivity index (χ0) is 15.8. The first-order valence-electron chi connectivity index (χ1n) is 7.53. The zero-order valence-electron chi connectivity index (χ0n) is 13.0. The predicted octanol–water partition coefficient (Wildman–Crippen LogP) is 4.60. The van der Waals surface area contributed by atoms with Gasteiger partial charge in [0.25, 0.3) is 0 Å². The number of hydrogen-bond acceptors (Lipinski definition) is 1. The molecule has 1 aliphatic rings. The first kappa shape index (κ1) is 16.3. The molecule has 0 amide bonds. The summed E-state index contributed by atoms with van der Waals surface area (Å²) in [7, 11) is 0. The molecule has 0 aliphatic heterocycles. The second kappa shape index (κ2) is 5.64. The van der Waals surface area contributed by atoms with Gasteiger partial charge in [0.1, 0.15) is 0 Å². The molecule has 2 N–H and O–H groups in total. The molecule has 0 bridgehead atoms. The first-order valence-corrected chi connectivity index (χ1v) is 7.53. The molecular weight excluding hydrogens is 275 g/mol. The van der Waals surface area contributed by atoms with Gasteiger partial charge in [-0.25, -0.2) is 0 Å². The topological polar surface area (TPSA) is 26.0 Å². The van der Waals surface area contributed by atoms with E-state index in [0.717, 1.165) is 16.7 Å². The van der Waals surface area contributed by atoms with Crippen LogP contribution in [0.2, 0.25) is 0 Å². The molecule has 1 aromatic carbocycles. The van der Waals surface area contributed by atoms with Gasteiger partial charge in [-0.05, 0) is 63.1 Å². The van der Waals surface area contributed by atoms with E-state index in [4.69, 9.17) is 5.73 Å². The summed E-state index contributed by atoms with van der Waals surface area (Å²) in [6, 6.07) is 4.16. The van der Waals surface area contributed by atoms with Gasteiger partial charge in [0, 0.05) is 5.54 Å². The van der Waals surface area contributed by atoms with Crippen LogP contribution in [0.5, 0.6) is 0 Å². The molecule has 1 saturated carbocycles. The SMILES string of the molecule is Cc1cc(C)c(CC2(N)CCCC(C(F)(F)F)C2)c(C)c1. The average Bonchev–Trinajstić information content (AvgIpc) is 2.33. The molecule has 2 unspecified atom stereocenters. The number of benzene rings is 1. The maximum atomic E-state index is 13.0. The molecule has 0 heterocycles. The van der Waals surface area contributed by atoms with Crippen LogP contribution in [0.25, 0.3) is 0 Å². The smallest absolute Gasteiger partial charge is 0.325 e. The summed E-state index contributed by atoms with van der Waals surface area (Å²) in [5.41, 5.74) is 10.2. The van der Waals surface area contributed by atoms with E-state index in [2.05, 4.69) is 12.1 Å². The summed E-state index contributed by atoms with van der Waals surface area (Å²) in [6.45, 7) is 6.06. The maximum Gasteiger partial charge on any atom is 0.391 e. The van der Waals surface area contributed by atoms with Gasteiger partial charge in [0.15, 0.2) is 0 Å². The van der Waals surface area contributed by atoms with Crippen LogP contribution in [0.4, 0.5) is 13.2 Å². The Morgan fingerprint density at radius 3 is 2.29 bits per heavy atom. The van der Waals surface area contributed by atoms with E-state index in [-0.39, 0.29) is 12.8 Å². The largest absolute Gasteiger partial charge is 0.391 e. The molecule has 21 heavy (non-hydrogen) atoms. The number of halogens is 3. The van der Waals surface area contributed by atoms with Crippen molar-refractivity contribution in [3.8, 4) is 0 Å². The molecule has 1 aliphatic carbocycles. The lowest BCUT2D eigenvalue weighted by Crippen LogP contribution is -2.49. The lowest BCUT2D eigenvalue weighted by molar-refractivity contribution is -0.187. The standard InChI is InChI=1S/C17H24F3N/c1-11-7-12(2)15(13(3)8-11)10-16(21)6-4-5-14(9-16)17(18,19)20/h7-8,14H,4-6,9-10,21H2,1-3H3. The minimum Gasteiger partial charge on any atom is -0.325 e. The van der Waals surface area contributed by atoms with E-state index < -0.39 is 17.6 Å². The molecule has 0 saturated heterocycles. The fraction of sp³-hybridized carbons (Fsp3) is 0.647. The molecule has 0 aromatic heterocycles. The third kappa shape index (κ3) is 3.79. The molecule has 118 valence electrons. The van der Waals surface area contributed by atoms with Crippen LogP contribution in [0.15, 0.2) is 12.1 Å². The fourth-order valence-electron chi connectivity index (χ4n) is 3.68. The highest BCUT2D eigenvalue weighted by Gasteiger charge is 2.46. The lowest BCUT2D eigenvalue weighted by atomic mass is 9.72. The van der Waals surface area contributed by atoms with Gasteiger partial charge >= 0.3 is 6.18 Å². The minimum atomic E-state index is -4.12. The van der Waals surface area contributed by atoms with Crippen molar-refractivity contribution in [3.05, 3.63) is 34.4 Å². The number of alkyl halides is 3. The van der Waals surface area contributed by atoms with Crippen LogP contribution >= 0.6 is 0 Å². The molecule has 1 aromatic rings. The second-order valence-corrected chi connectivity index (χ2v) is 6.75. The van der Waals surface area contributed by atoms with Crippen LogP contribution in [0, 0.1) is 26.7 Å². The van der Waals surface area contributed by atoms with Crippen molar-refractivity contribution in [1.82, 2.24) is 0 Å². The van der Waals surface area contributed by atoms with Crippen molar-refractivity contribution in [3.63, 3.8) is 0 Å². The second-order valence-electron chi connectivity index (χ2n) is 6.75. The number of rotatable bonds is 2. The van der Waals surface area contributed by atoms with E-state index >= 15 is 0 Å². The Labute approximate surface area is 124 Å². The highest BCUT2D eigenvalue weighted by molar-refractivity contribution is 5.38. The van der Waals surface area contributed by atoms with Crippen LogP contribution in [-0.2, 0) is 6.42 Å². The van der Waals surface area contributed by atoms with Crippen molar-refractivity contribution < 1.29 is 13.2 Å². The third-order valence-corrected chi connectivity index (χ3v) is 4.71. The van der Waals surface area contributed by atoms with Gasteiger partial charge in [0.05, 0.1) is 5.92 Å². The summed E-state index contributed by atoms with van der Waals surface area (Å²) in [5, 5.41) is 0. The summed E-state index contributed by atoms with van der Waals surface area (Å²) >= 11 is 0. The minimum absolute atomic E-state index is 0.0449. The molecule has 2 atom stereocenters. The van der Waals surface area contributed by atoms with Crippen molar-refractivity contribution in [2.75, 3.05) is 0 Å². The highest BCUT2D eigenvalue weighted by Crippen LogP contribution is 2.42. The predicted molar refractivity (Wildman–Crippen MR) is 79.3 cm³/mol. The Balaban J connectivity index is 2.22. The van der Waals surface area contributed by atoms with Crippen molar-refractivity contribution >= 4 is 0 Å². The zero-order valence-corrected chi connectivity index (χ0v) is 13.0. The normalized spacial score (nSPS) is 26.9. The molecular formula is C17H24F3N. The van der Waals surface area contributed by atoms with E-state index in [9.17, 15) is 13.2 Å².